The fraction of sp³-hybridized carbons (Fsp3) is 0.182. The lowest BCUT2D eigenvalue weighted by atomic mass is 10.1. The van der Waals surface area contributed by atoms with Gasteiger partial charge in [-0.2, -0.15) is 0 Å². The van der Waals surface area contributed by atoms with Crippen LogP contribution in [-0.2, 0) is 9.53 Å². The number of carbonyl (C=O) groups excluding carboxylic acids is 1. The van der Waals surface area contributed by atoms with Gasteiger partial charge in [0.25, 0.3) is 0 Å². The predicted octanol–water partition coefficient (Wildman–Crippen LogP) is 1.47. The average molecular weight is 191 g/mol. The molecule has 74 valence electrons. The number of methoxy groups -OCH3 is 1. The van der Waals surface area contributed by atoms with Crippen molar-refractivity contribution in [3.63, 3.8) is 0 Å². The quantitative estimate of drug-likeness (QED) is 0.569. The summed E-state index contributed by atoms with van der Waals surface area (Å²) in [5.41, 5.74) is 8.07. The van der Waals surface area contributed by atoms with Crippen LogP contribution in [0.3, 0.4) is 0 Å². The summed E-state index contributed by atoms with van der Waals surface area (Å²) >= 11 is 0. The summed E-state index contributed by atoms with van der Waals surface area (Å²) in [6.45, 7) is 1.99. The van der Waals surface area contributed by atoms with E-state index in [-0.39, 0.29) is 0 Å². The molecule has 3 nitrogen and oxygen atoms in total. The van der Waals surface area contributed by atoms with E-state index in [1.54, 1.807) is 0 Å². The Bertz CT molecular complexity index is 352. The standard InChI is InChI=1S/C11H13NO2/c1-8-3-5-9(6-4-8)10(12)7-11(13)14-2/h3-7H,12H2,1-2H3. The zero-order valence-electron chi connectivity index (χ0n) is 8.28. The molecule has 0 saturated carbocycles. The molecule has 0 atom stereocenters. The molecule has 0 radical (unpaired) electrons. The second kappa shape index (κ2) is 4.46. The fourth-order valence-corrected chi connectivity index (χ4v) is 1.02. The number of esters is 1. The summed E-state index contributed by atoms with van der Waals surface area (Å²) in [5.74, 6) is -0.442. The van der Waals surface area contributed by atoms with Crippen LogP contribution in [-0.4, -0.2) is 13.1 Å². The number of rotatable bonds is 2. The van der Waals surface area contributed by atoms with Crippen LogP contribution < -0.4 is 5.73 Å². The van der Waals surface area contributed by atoms with Gasteiger partial charge >= 0.3 is 5.97 Å². The van der Waals surface area contributed by atoms with Crippen molar-refractivity contribution in [2.45, 2.75) is 6.92 Å². The first-order valence-electron chi connectivity index (χ1n) is 4.25. The summed E-state index contributed by atoms with van der Waals surface area (Å²) in [6, 6.07) is 7.61. The van der Waals surface area contributed by atoms with Gasteiger partial charge in [0.2, 0.25) is 0 Å². The highest BCUT2D eigenvalue weighted by Gasteiger charge is 1.99. The third kappa shape index (κ3) is 2.62. The lowest BCUT2D eigenvalue weighted by molar-refractivity contribution is -0.134. The molecule has 1 aromatic rings. The SMILES string of the molecule is COC(=O)C=C(N)c1ccc(C)cc1. The van der Waals surface area contributed by atoms with Crippen LogP contribution in [0, 0.1) is 6.92 Å². The van der Waals surface area contributed by atoms with Crippen LogP contribution in [0.5, 0.6) is 0 Å². The Labute approximate surface area is 83.2 Å². The predicted molar refractivity (Wildman–Crippen MR) is 55.4 cm³/mol. The number of aryl methyl sites for hydroxylation is 1. The number of ether oxygens (including phenoxy) is 1. The second-order valence-electron chi connectivity index (χ2n) is 2.99. The Morgan fingerprint density at radius 1 is 1.36 bits per heavy atom. The molecule has 0 aliphatic heterocycles. The van der Waals surface area contributed by atoms with Crippen molar-refractivity contribution in [3.8, 4) is 0 Å². The summed E-state index contributed by atoms with van der Waals surface area (Å²) < 4.78 is 4.47. The molecule has 2 N–H and O–H groups in total. The average Bonchev–Trinajstić information content (AvgIpc) is 2.18. The highest BCUT2D eigenvalue weighted by molar-refractivity contribution is 5.90. The summed E-state index contributed by atoms with van der Waals surface area (Å²) in [4.78, 5) is 10.9. The van der Waals surface area contributed by atoms with E-state index in [2.05, 4.69) is 4.74 Å². The molecule has 0 fully saturated rings. The summed E-state index contributed by atoms with van der Waals surface area (Å²) in [5, 5.41) is 0. The van der Waals surface area contributed by atoms with Gasteiger partial charge in [-0.05, 0) is 12.5 Å². The van der Waals surface area contributed by atoms with Crippen LogP contribution in [0.2, 0.25) is 0 Å². The lowest BCUT2D eigenvalue weighted by Crippen LogP contribution is -2.02. The molecule has 0 bridgehead atoms. The van der Waals surface area contributed by atoms with E-state index >= 15 is 0 Å². The molecule has 0 aliphatic carbocycles. The minimum atomic E-state index is -0.442. The van der Waals surface area contributed by atoms with Crippen molar-refractivity contribution < 1.29 is 9.53 Å². The first-order valence-corrected chi connectivity index (χ1v) is 4.25. The smallest absolute Gasteiger partial charge is 0.332 e. The minimum Gasteiger partial charge on any atom is -0.466 e. The van der Waals surface area contributed by atoms with Crippen LogP contribution in [0.4, 0.5) is 0 Å². The molecule has 1 rings (SSSR count). The van der Waals surface area contributed by atoms with Crippen LogP contribution in [0.25, 0.3) is 5.70 Å². The molecule has 0 heterocycles. The van der Waals surface area contributed by atoms with Gasteiger partial charge < -0.3 is 10.5 Å². The van der Waals surface area contributed by atoms with Gasteiger partial charge in [0, 0.05) is 11.8 Å². The van der Waals surface area contributed by atoms with Crippen molar-refractivity contribution in [3.05, 3.63) is 41.5 Å². The maximum atomic E-state index is 10.9. The van der Waals surface area contributed by atoms with Gasteiger partial charge in [0.1, 0.15) is 0 Å². The molecular weight excluding hydrogens is 178 g/mol. The minimum absolute atomic E-state index is 0.414. The van der Waals surface area contributed by atoms with E-state index in [4.69, 9.17) is 5.73 Å². The molecule has 14 heavy (non-hydrogen) atoms. The summed E-state index contributed by atoms with van der Waals surface area (Å²) in [6.07, 6.45) is 1.27. The van der Waals surface area contributed by atoms with Crippen molar-refractivity contribution in [2.75, 3.05) is 7.11 Å². The first-order chi connectivity index (χ1) is 6.63. The monoisotopic (exact) mass is 191 g/mol. The van der Waals surface area contributed by atoms with Crippen LogP contribution >= 0.6 is 0 Å². The number of carbonyl (C=O) groups is 1. The first kappa shape index (κ1) is 10.3. The molecule has 0 unspecified atom stereocenters. The molecule has 0 spiro atoms. The Hall–Kier alpha value is -1.77. The van der Waals surface area contributed by atoms with E-state index in [9.17, 15) is 4.79 Å². The van der Waals surface area contributed by atoms with Gasteiger partial charge in [0.05, 0.1) is 7.11 Å². The second-order valence-corrected chi connectivity index (χ2v) is 2.99. The van der Waals surface area contributed by atoms with Gasteiger partial charge in [0.15, 0.2) is 0 Å². The van der Waals surface area contributed by atoms with E-state index in [1.165, 1.54) is 13.2 Å². The number of hydrogen-bond acceptors (Lipinski definition) is 3. The Kier molecular flexibility index (Phi) is 3.29. The van der Waals surface area contributed by atoms with E-state index < -0.39 is 5.97 Å². The zero-order valence-corrected chi connectivity index (χ0v) is 8.28. The maximum absolute atomic E-state index is 10.9. The molecule has 0 aliphatic rings. The summed E-state index contributed by atoms with van der Waals surface area (Å²) in [7, 11) is 1.32. The topological polar surface area (TPSA) is 52.3 Å². The van der Waals surface area contributed by atoms with E-state index in [0.717, 1.165) is 11.1 Å². The van der Waals surface area contributed by atoms with E-state index in [1.807, 2.05) is 31.2 Å². The largest absolute Gasteiger partial charge is 0.466 e. The Morgan fingerprint density at radius 2 is 1.93 bits per heavy atom. The molecule has 0 saturated heterocycles. The van der Waals surface area contributed by atoms with Crippen molar-refractivity contribution in [1.29, 1.82) is 0 Å². The van der Waals surface area contributed by atoms with Gasteiger partial charge in [-0.15, -0.1) is 0 Å². The molecular formula is C11H13NO2. The van der Waals surface area contributed by atoms with Gasteiger partial charge in [-0.3, -0.25) is 0 Å². The normalized spacial score (nSPS) is 11.1. The van der Waals surface area contributed by atoms with Crippen molar-refractivity contribution >= 4 is 11.7 Å². The number of benzene rings is 1. The maximum Gasteiger partial charge on any atom is 0.332 e. The molecule has 3 heteroatoms. The van der Waals surface area contributed by atoms with Crippen molar-refractivity contribution in [1.82, 2.24) is 0 Å². The molecule has 0 aromatic heterocycles. The third-order valence-corrected chi connectivity index (χ3v) is 1.86. The third-order valence-electron chi connectivity index (χ3n) is 1.86. The number of hydrogen-bond donors (Lipinski definition) is 1. The highest BCUT2D eigenvalue weighted by atomic mass is 16.5. The van der Waals surface area contributed by atoms with Crippen molar-refractivity contribution in [2.24, 2.45) is 5.73 Å². The highest BCUT2D eigenvalue weighted by Crippen LogP contribution is 2.09. The van der Waals surface area contributed by atoms with Gasteiger partial charge in [-0.1, -0.05) is 29.8 Å². The molecule has 1 aromatic carbocycles. The van der Waals surface area contributed by atoms with Gasteiger partial charge in [-0.25, -0.2) is 4.79 Å². The zero-order chi connectivity index (χ0) is 10.6. The lowest BCUT2D eigenvalue weighted by Gasteiger charge is -2.01. The Morgan fingerprint density at radius 3 is 2.43 bits per heavy atom. The Balaban J connectivity index is 2.89. The number of nitrogens with two attached hydrogens (primary N) is 1. The van der Waals surface area contributed by atoms with E-state index in [0.29, 0.717) is 5.70 Å². The molecule has 0 amide bonds. The fourth-order valence-electron chi connectivity index (χ4n) is 1.02. The van der Waals surface area contributed by atoms with Crippen LogP contribution in [0.1, 0.15) is 11.1 Å². The van der Waals surface area contributed by atoms with Crippen LogP contribution in [0.15, 0.2) is 30.3 Å².